The van der Waals surface area contributed by atoms with E-state index in [1.807, 2.05) is 0 Å². The summed E-state index contributed by atoms with van der Waals surface area (Å²) < 4.78 is 37.5. The van der Waals surface area contributed by atoms with Crippen LogP contribution in [0.1, 0.15) is 25.7 Å². The van der Waals surface area contributed by atoms with E-state index in [9.17, 15) is 13.2 Å². The fourth-order valence-corrected chi connectivity index (χ4v) is 5.17. The van der Waals surface area contributed by atoms with Gasteiger partial charge in [0.2, 0.25) is 10.0 Å². The number of hydrogen-bond donors (Lipinski definition) is 1. The van der Waals surface area contributed by atoms with Crippen molar-refractivity contribution in [3.8, 4) is 11.4 Å². The first-order valence-electron chi connectivity index (χ1n) is 11.1. The standard InChI is InChI=1S/C22H29ClN4O5S/c1-33(29,30)26-10-8-19(9-11-26)32-18-6-4-17(5-7-18)27-22(28)21(23)20(14-25-27)24-13-16-3-2-12-31-15-16/h4-7,14,16,19,24H,2-3,8-13,15H2,1H3/t16-/m1/s1. The lowest BCUT2D eigenvalue weighted by Crippen LogP contribution is -2.41. The van der Waals surface area contributed by atoms with Crippen LogP contribution in [0.4, 0.5) is 5.69 Å². The van der Waals surface area contributed by atoms with Crippen LogP contribution in [-0.2, 0) is 14.8 Å². The van der Waals surface area contributed by atoms with Gasteiger partial charge in [0.25, 0.3) is 5.56 Å². The Labute approximate surface area is 198 Å². The van der Waals surface area contributed by atoms with Gasteiger partial charge in [-0.2, -0.15) is 9.78 Å². The van der Waals surface area contributed by atoms with Crippen molar-refractivity contribution >= 4 is 27.3 Å². The number of aromatic nitrogens is 2. The second-order valence-electron chi connectivity index (χ2n) is 8.53. The van der Waals surface area contributed by atoms with E-state index in [0.29, 0.717) is 62.1 Å². The molecule has 0 spiro atoms. The largest absolute Gasteiger partial charge is 0.490 e. The van der Waals surface area contributed by atoms with E-state index < -0.39 is 15.6 Å². The predicted molar refractivity (Wildman–Crippen MR) is 127 cm³/mol. The summed E-state index contributed by atoms with van der Waals surface area (Å²) in [4.78, 5) is 12.8. The Balaban J connectivity index is 1.37. The number of piperidine rings is 1. The summed E-state index contributed by atoms with van der Waals surface area (Å²) >= 11 is 6.33. The highest BCUT2D eigenvalue weighted by atomic mass is 35.5. The Morgan fingerprint density at radius 1 is 1.21 bits per heavy atom. The SMILES string of the molecule is CS(=O)(=O)N1CCC(Oc2ccc(-n3ncc(NC[C@H]4CCCOC4)c(Cl)c3=O)cc2)CC1. The highest BCUT2D eigenvalue weighted by molar-refractivity contribution is 7.88. The molecule has 0 radical (unpaired) electrons. The third-order valence-electron chi connectivity index (χ3n) is 6.01. The summed E-state index contributed by atoms with van der Waals surface area (Å²) in [6, 6.07) is 7.04. The van der Waals surface area contributed by atoms with Gasteiger partial charge in [0, 0.05) is 26.2 Å². The number of hydrogen-bond acceptors (Lipinski definition) is 7. The maximum atomic E-state index is 12.8. The first kappa shape index (κ1) is 24.0. The topological polar surface area (TPSA) is 103 Å². The van der Waals surface area contributed by atoms with Gasteiger partial charge >= 0.3 is 0 Å². The Hall–Kier alpha value is -2.14. The number of benzene rings is 1. The number of halogens is 1. The van der Waals surface area contributed by atoms with Crippen molar-refractivity contribution in [2.24, 2.45) is 5.92 Å². The van der Waals surface area contributed by atoms with Crippen LogP contribution in [0.5, 0.6) is 5.75 Å². The van der Waals surface area contributed by atoms with E-state index in [1.165, 1.54) is 15.2 Å². The lowest BCUT2D eigenvalue weighted by Gasteiger charge is -2.30. The zero-order chi connectivity index (χ0) is 23.4. The van der Waals surface area contributed by atoms with Gasteiger partial charge in [-0.1, -0.05) is 11.6 Å². The van der Waals surface area contributed by atoms with Crippen LogP contribution in [0.3, 0.4) is 0 Å². The predicted octanol–water partition coefficient (Wildman–Crippen LogP) is 2.53. The average Bonchev–Trinajstić information content (AvgIpc) is 2.81. The van der Waals surface area contributed by atoms with Crippen molar-refractivity contribution in [3.05, 3.63) is 45.8 Å². The molecular formula is C22H29ClN4O5S. The quantitative estimate of drug-likeness (QED) is 0.628. The van der Waals surface area contributed by atoms with Gasteiger partial charge in [-0.05, 0) is 55.9 Å². The third kappa shape index (κ3) is 6.06. The molecule has 11 heteroatoms. The minimum absolute atomic E-state index is 0.0518. The Bertz CT molecular complexity index is 1110. The van der Waals surface area contributed by atoms with Gasteiger partial charge in [-0.3, -0.25) is 4.79 Å². The molecule has 0 amide bonds. The molecule has 3 heterocycles. The lowest BCUT2D eigenvalue weighted by atomic mass is 10.0. The van der Waals surface area contributed by atoms with Gasteiger partial charge in [0.15, 0.2) is 0 Å². The van der Waals surface area contributed by atoms with Crippen LogP contribution in [0.15, 0.2) is 35.3 Å². The van der Waals surface area contributed by atoms with Gasteiger partial charge < -0.3 is 14.8 Å². The van der Waals surface area contributed by atoms with Crippen molar-refractivity contribution in [1.29, 1.82) is 0 Å². The lowest BCUT2D eigenvalue weighted by molar-refractivity contribution is 0.0595. The average molecular weight is 497 g/mol. The fourth-order valence-electron chi connectivity index (χ4n) is 4.10. The molecule has 2 aliphatic heterocycles. The van der Waals surface area contributed by atoms with Gasteiger partial charge in [-0.25, -0.2) is 12.7 Å². The molecule has 2 fully saturated rings. The zero-order valence-corrected chi connectivity index (χ0v) is 20.1. The van der Waals surface area contributed by atoms with E-state index in [1.54, 1.807) is 30.5 Å². The third-order valence-corrected chi connectivity index (χ3v) is 7.68. The van der Waals surface area contributed by atoms with Crippen molar-refractivity contribution in [1.82, 2.24) is 14.1 Å². The summed E-state index contributed by atoms with van der Waals surface area (Å²) in [5.74, 6) is 1.05. The van der Waals surface area contributed by atoms with Crippen molar-refractivity contribution in [2.75, 3.05) is 44.4 Å². The zero-order valence-electron chi connectivity index (χ0n) is 18.6. The highest BCUT2D eigenvalue weighted by Crippen LogP contribution is 2.23. The number of ether oxygens (including phenoxy) is 2. The van der Waals surface area contributed by atoms with Crippen molar-refractivity contribution in [3.63, 3.8) is 0 Å². The molecule has 2 saturated heterocycles. The van der Waals surface area contributed by atoms with Gasteiger partial charge in [0.05, 0.1) is 30.4 Å². The first-order chi connectivity index (χ1) is 15.8. The Morgan fingerprint density at radius 3 is 2.58 bits per heavy atom. The molecule has 1 aromatic carbocycles. The van der Waals surface area contributed by atoms with Crippen LogP contribution < -0.4 is 15.6 Å². The molecule has 0 aliphatic carbocycles. The van der Waals surface area contributed by atoms with Crippen molar-refractivity contribution in [2.45, 2.75) is 31.8 Å². The number of rotatable bonds is 7. The molecule has 0 bridgehead atoms. The van der Waals surface area contributed by atoms with Gasteiger partial charge in [-0.15, -0.1) is 0 Å². The second kappa shape index (κ2) is 10.4. The normalized spacial score (nSPS) is 20.5. The highest BCUT2D eigenvalue weighted by Gasteiger charge is 2.26. The first-order valence-corrected chi connectivity index (χ1v) is 13.4. The van der Waals surface area contributed by atoms with Crippen LogP contribution in [0.2, 0.25) is 5.02 Å². The molecular weight excluding hydrogens is 468 g/mol. The van der Waals surface area contributed by atoms with Crippen LogP contribution in [0.25, 0.3) is 5.69 Å². The number of anilines is 1. The summed E-state index contributed by atoms with van der Waals surface area (Å²) in [5.41, 5.74) is 0.695. The maximum absolute atomic E-state index is 12.8. The minimum Gasteiger partial charge on any atom is -0.490 e. The van der Waals surface area contributed by atoms with Crippen LogP contribution in [-0.4, -0.2) is 67.7 Å². The van der Waals surface area contributed by atoms with Crippen LogP contribution in [0, 0.1) is 5.92 Å². The molecule has 4 rings (SSSR count). The molecule has 2 aliphatic rings. The molecule has 33 heavy (non-hydrogen) atoms. The maximum Gasteiger partial charge on any atom is 0.292 e. The van der Waals surface area contributed by atoms with Crippen molar-refractivity contribution < 1.29 is 17.9 Å². The summed E-state index contributed by atoms with van der Waals surface area (Å²) in [7, 11) is -3.16. The van der Waals surface area contributed by atoms with E-state index in [4.69, 9.17) is 21.1 Å². The molecule has 1 atom stereocenters. The van der Waals surface area contributed by atoms with Gasteiger partial charge in [0.1, 0.15) is 16.9 Å². The van der Waals surface area contributed by atoms with E-state index in [2.05, 4.69) is 10.4 Å². The molecule has 1 N–H and O–H groups in total. The fraction of sp³-hybridized carbons (Fsp3) is 0.545. The number of sulfonamides is 1. The summed E-state index contributed by atoms with van der Waals surface area (Å²) in [6.45, 7) is 3.10. The molecule has 2 aromatic rings. The number of nitrogens with zero attached hydrogens (tertiary/aromatic N) is 3. The summed E-state index contributed by atoms with van der Waals surface area (Å²) in [5, 5.41) is 7.59. The monoisotopic (exact) mass is 496 g/mol. The smallest absolute Gasteiger partial charge is 0.292 e. The molecule has 1 aromatic heterocycles. The summed E-state index contributed by atoms with van der Waals surface area (Å²) in [6.07, 6.45) is 6.13. The molecule has 9 nitrogen and oxygen atoms in total. The van der Waals surface area contributed by atoms with E-state index in [-0.39, 0.29) is 11.1 Å². The second-order valence-corrected chi connectivity index (χ2v) is 10.9. The van der Waals surface area contributed by atoms with E-state index >= 15 is 0 Å². The van der Waals surface area contributed by atoms with Crippen LogP contribution >= 0.6 is 11.6 Å². The van der Waals surface area contributed by atoms with E-state index in [0.717, 1.165) is 19.4 Å². The minimum atomic E-state index is -3.16. The molecule has 180 valence electrons. The molecule has 0 unspecified atom stereocenters. The Kier molecular flexibility index (Phi) is 7.58. The Morgan fingerprint density at radius 2 is 1.94 bits per heavy atom. The molecule has 0 saturated carbocycles. The number of nitrogens with one attached hydrogen (secondary N) is 1.